The summed E-state index contributed by atoms with van der Waals surface area (Å²) in [6.45, 7) is 4.33. The molecule has 1 aromatic heterocycles. The van der Waals surface area contributed by atoms with Crippen molar-refractivity contribution in [3.8, 4) is 0 Å². The first-order chi connectivity index (χ1) is 18.1. The van der Waals surface area contributed by atoms with Crippen LogP contribution in [0.3, 0.4) is 0 Å². The van der Waals surface area contributed by atoms with Crippen LogP contribution in [0.5, 0.6) is 0 Å². The number of hydrogen-bond donors (Lipinski definition) is 3. The number of aromatic nitrogens is 2. The topological polar surface area (TPSA) is 120 Å². The minimum absolute atomic E-state index is 0.186. The van der Waals surface area contributed by atoms with Crippen LogP contribution in [0.25, 0.3) is 0 Å². The van der Waals surface area contributed by atoms with Gasteiger partial charge in [0.1, 0.15) is 5.02 Å². The van der Waals surface area contributed by atoms with Crippen molar-refractivity contribution >= 4 is 58.0 Å². The molecule has 1 heterocycles. The Morgan fingerprint density at radius 3 is 2.45 bits per heavy atom. The predicted octanol–water partition coefficient (Wildman–Crippen LogP) is 4.12. The quantitative estimate of drug-likeness (QED) is 0.190. The van der Waals surface area contributed by atoms with E-state index in [-0.39, 0.29) is 28.3 Å². The van der Waals surface area contributed by atoms with Crippen molar-refractivity contribution < 1.29 is 14.4 Å². The molecular weight excluding hydrogens is 506 g/mol. The van der Waals surface area contributed by atoms with Gasteiger partial charge in [-0.15, -0.1) is 0 Å². The Bertz CT molecular complexity index is 1360. The van der Waals surface area contributed by atoms with Gasteiger partial charge >= 0.3 is 0 Å². The Kier molecular flexibility index (Phi) is 9.53. The molecule has 0 saturated carbocycles. The number of hydrogen-bond acceptors (Lipinski definition) is 8. The maximum absolute atomic E-state index is 12.7. The third-order valence-electron chi connectivity index (χ3n) is 5.41. The molecule has 0 radical (unpaired) electrons. The number of benzene rings is 2. The molecule has 198 valence electrons. The summed E-state index contributed by atoms with van der Waals surface area (Å²) in [5, 5.41) is 9.21. The molecule has 3 rings (SSSR count). The first-order valence-corrected chi connectivity index (χ1v) is 12.1. The summed E-state index contributed by atoms with van der Waals surface area (Å²) in [5.41, 5.74) is 2.81. The van der Waals surface area contributed by atoms with Crippen LogP contribution in [0, 0.1) is 0 Å². The summed E-state index contributed by atoms with van der Waals surface area (Å²) in [4.78, 5) is 48.9. The van der Waals surface area contributed by atoms with Crippen LogP contribution in [0.1, 0.15) is 15.9 Å². The zero-order chi connectivity index (χ0) is 27.8. The number of likely N-dealkylation sites (N-methyl/N-ethyl adjacent to an activating group) is 2. The third-order valence-corrected chi connectivity index (χ3v) is 5.68. The number of carbonyl (C=O) groups excluding carboxylic acids is 3. The molecule has 2 aromatic carbocycles. The Hall–Kier alpha value is -4.28. The highest BCUT2D eigenvalue weighted by Crippen LogP contribution is 2.28. The molecule has 0 atom stereocenters. The zero-order valence-electron chi connectivity index (χ0n) is 21.7. The van der Waals surface area contributed by atoms with Gasteiger partial charge in [-0.05, 0) is 56.4 Å². The van der Waals surface area contributed by atoms with Crippen LogP contribution in [0.4, 0.5) is 28.8 Å². The molecule has 3 aromatic rings. The minimum atomic E-state index is -0.662. The van der Waals surface area contributed by atoms with Gasteiger partial charge in [0, 0.05) is 32.0 Å². The lowest BCUT2D eigenvalue weighted by atomic mass is 10.1. The van der Waals surface area contributed by atoms with Crippen LogP contribution in [-0.4, -0.2) is 72.1 Å². The first-order valence-electron chi connectivity index (χ1n) is 11.7. The largest absolute Gasteiger partial charge is 0.342 e. The Morgan fingerprint density at radius 1 is 1.03 bits per heavy atom. The highest BCUT2D eigenvalue weighted by molar-refractivity contribution is 6.43. The molecule has 0 unspecified atom stereocenters. The lowest BCUT2D eigenvalue weighted by Gasteiger charge is -2.16. The van der Waals surface area contributed by atoms with Gasteiger partial charge in [0.05, 0.1) is 17.4 Å². The average Bonchev–Trinajstić information content (AvgIpc) is 2.89. The lowest BCUT2D eigenvalue weighted by Crippen LogP contribution is -2.30. The van der Waals surface area contributed by atoms with Crippen molar-refractivity contribution in [3.63, 3.8) is 0 Å². The van der Waals surface area contributed by atoms with Crippen LogP contribution in [0.2, 0.25) is 5.02 Å². The number of Topliss-reactive ketones (excluding diaryl/α,β-unsaturated/α-hetero) is 1. The van der Waals surface area contributed by atoms with E-state index in [0.29, 0.717) is 17.1 Å². The molecule has 3 N–H and O–H groups in total. The molecule has 0 aliphatic carbocycles. The molecular formula is C27H30ClN7O3. The molecule has 0 spiro atoms. The fourth-order valence-corrected chi connectivity index (χ4v) is 3.53. The number of halogens is 1. The van der Waals surface area contributed by atoms with Gasteiger partial charge in [0.25, 0.3) is 11.7 Å². The number of ketones is 1. The molecule has 38 heavy (non-hydrogen) atoms. The number of anilines is 5. The van der Waals surface area contributed by atoms with Crippen molar-refractivity contribution in [3.05, 3.63) is 77.5 Å². The molecule has 2 amide bonds. The van der Waals surface area contributed by atoms with Crippen LogP contribution in [-0.2, 0) is 16.0 Å². The highest BCUT2D eigenvalue weighted by atomic mass is 35.5. The molecule has 11 heteroatoms. The highest BCUT2D eigenvalue weighted by Gasteiger charge is 2.21. The summed E-state index contributed by atoms with van der Waals surface area (Å²) in [6, 6.07) is 12.2. The molecule has 0 fully saturated rings. The summed E-state index contributed by atoms with van der Waals surface area (Å²) in [7, 11) is 6.99. The van der Waals surface area contributed by atoms with Gasteiger partial charge in [-0.1, -0.05) is 36.4 Å². The molecule has 0 aliphatic heterocycles. The number of amides is 2. The van der Waals surface area contributed by atoms with Gasteiger partial charge in [-0.25, -0.2) is 4.98 Å². The Labute approximate surface area is 226 Å². The van der Waals surface area contributed by atoms with Gasteiger partial charge in [0.2, 0.25) is 11.9 Å². The smallest absolute Gasteiger partial charge is 0.294 e. The van der Waals surface area contributed by atoms with E-state index in [1.165, 1.54) is 31.3 Å². The predicted molar refractivity (Wildman–Crippen MR) is 151 cm³/mol. The van der Waals surface area contributed by atoms with E-state index in [1.54, 1.807) is 30.3 Å². The third kappa shape index (κ3) is 7.37. The van der Waals surface area contributed by atoms with Crippen molar-refractivity contribution in [2.24, 2.45) is 0 Å². The number of rotatable bonds is 11. The Morgan fingerprint density at radius 2 is 1.76 bits per heavy atom. The summed E-state index contributed by atoms with van der Waals surface area (Å²) >= 11 is 6.34. The second kappa shape index (κ2) is 12.8. The van der Waals surface area contributed by atoms with Crippen LogP contribution in [0.15, 0.2) is 61.3 Å². The van der Waals surface area contributed by atoms with E-state index in [9.17, 15) is 14.4 Å². The van der Waals surface area contributed by atoms with Crippen LogP contribution >= 0.6 is 11.6 Å². The zero-order valence-corrected chi connectivity index (χ0v) is 22.5. The van der Waals surface area contributed by atoms with E-state index >= 15 is 0 Å². The van der Waals surface area contributed by atoms with Gasteiger partial charge in [-0.2, -0.15) is 4.98 Å². The monoisotopic (exact) mass is 535 g/mol. The fourth-order valence-electron chi connectivity index (χ4n) is 3.40. The van der Waals surface area contributed by atoms with Crippen molar-refractivity contribution in [2.45, 2.75) is 6.42 Å². The van der Waals surface area contributed by atoms with Gasteiger partial charge in [0.15, 0.2) is 5.82 Å². The van der Waals surface area contributed by atoms with Crippen molar-refractivity contribution in [1.29, 1.82) is 0 Å². The van der Waals surface area contributed by atoms with Crippen LogP contribution < -0.4 is 16.0 Å². The number of para-hydroxylation sites is 1. The van der Waals surface area contributed by atoms with E-state index in [2.05, 4.69) is 37.4 Å². The fraction of sp³-hybridized carbons (Fsp3) is 0.222. The maximum atomic E-state index is 12.7. The van der Waals surface area contributed by atoms with E-state index < -0.39 is 11.7 Å². The summed E-state index contributed by atoms with van der Waals surface area (Å²) < 4.78 is 0. The average molecular weight is 536 g/mol. The van der Waals surface area contributed by atoms with Gasteiger partial charge in [-0.3, -0.25) is 14.4 Å². The second-order valence-corrected chi connectivity index (χ2v) is 9.24. The normalized spacial score (nSPS) is 10.6. The summed E-state index contributed by atoms with van der Waals surface area (Å²) in [5.74, 6) is -1.16. The van der Waals surface area contributed by atoms with Crippen molar-refractivity contribution in [1.82, 2.24) is 19.8 Å². The maximum Gasteiger partial charge on any atom is 0.294 e. The van der Waals surface area contributed by atoms with Crippen molar-refractivity contribution in [2.75, 3.05) is 50.7 Å². The molecule has 0 saturated heterocycles. The molecule has 10 nitrogen and oxygen atoms in total. The SMILES string of the molecule is C=CC(=O)Nc1cc(Nc2ncc(Cl)c(Nc3ccccc3C(=O)C(=O)N(C)C)n2)ccc1CCN(C)C. The number of nitrogens with one attached hydrogen (secondary N) is 3. The summed E-state index contributed by atoms with van der Waals surface area (Å²) in [6.07, 6.45) is 3.37. The standard InChI is InChI=1S/C27H30ClN7O3/c1-6-23(36)31-22-15-18(12-11-17(22)13-14-34(2)3)30-27-29-16-20(28)25(33-27)32-21-10-8-7-9-19(21)24(37)26(38)35(4)5/h6-12,15-16H,1,13-14H2,2-5H3,(H,31,36)(H2,29,30,32,33). The van der Waals surface area contributed by atoms with E-state index in [0.717, 1.165) is 18.5 Å². The van der Waals surface area contributed by atoms with E-state index in [1.807, 2.05) is 26.2 Å². The number of carbonyl (C=O) groups is 3. The Balaban J connectivity index is 1.88. The minimum Gasteiger partial charge on any atom is -0.342 e. The second-order valence-electron chi connectivity index (χ2n) is 8.83. The van der Waals surface area contributed by atoms with E-state index in [4.69, 9.17) is 11.6 Å². The number of nitrogens with zero attached hydrogens (tertiary/aromatic N) is 4. The first kappa shape index (κ1) is 28.3. The van der Waals surface area contributed by atoms with Gasteiger partial charge < -0.3 is 25.8 Å². The molecule has 0 bridgehead atoms. The molecule has 0 aliphatic rings. The lowest BCUT2D eigenvalue weighted by molar-refractivity contribution is -0.124.